The Bertz CT molecular complexity index is 372. The predicted octanol–water partition coefficient (Wildman–Crippen LogP) is 1.67. The molecule has 0 spiro atoms. The lowest BCUT2D eigenvalue weighted by atomic mass is 9.93. The minimum absolute atomic E-state index is 0.338. The number of fused-ring (bicyclic) bond motifs is 1. The van der Waals surface area contributed by atoms with Crippen LogP contribution in [-0.4, -0.2) is 29.6 Å². The number of carbonyl (C=O) groups is 1. The van der Waals surface area contributed by atoms with Gasteiger partial charge in [0.15, 0.2) is 0 Å². The lowest BCUT2D eigenvalue weighted by Crippen LogP contribution is -2.33. The van der Waals surface area contributed by atoms with Crippen molar-refractivity contribution in [2.24, 2.45) is 0 Å². The molecular formula is C10H13NO2S. The highest BCUT2D eigenvalue weighted by Crippen LogP contribution is 2.34. The molecule has 3 nitrogen and oxygen atoms in total. The van der Waals surface area contributed by atoms with E-state index >= 15 is 0 Å². The van der Waals surface area contributed by atoms with E-state index in [9.17, 15) is 4.79 Å². The highest BCUT2D eigenvalue weighted by Gasteiger charge is 2.31. The van der Waals surface area contributed by atoms with Crippen LogP contribution in [0, 0.1) is 6.92 Å². The van der Waals surface area contributed by atoms with Crippen molar-refractivity contribution in [1.82, 2.24) is 4.90 Å². The van der Waals surface area contributed by atoms with Crippen LogP contribution in [0.3, 0.4) is 0 Å². The van der Waals surface area contributed by atoms with Crippen molar-refractivity contribution in [2.75, 3.05) is 13.6 Å². The van der Waals surface area contributed by atoms with Gasteiger partial charge in [0, 0.05) is 18.0 Å². The van der Waals surface area contributed by atoms with Gasteiger partial charge >= 0.3 is 5.97 Å². The number of aliphatic carboxylic acids is 1. The fourth-order valence-corrected chi connectivity index (χ4v) is 3.18. The minimum atomic E-state index is -0.709. The highest BCUT2D eigenvalue weighted by molar-refractivity contribution is 7.10. The number of likely N-dealkylation sites (N-methyl/N-ethyl adjacent to an activating group) is 1. The smallest absolute Gasteiger partial charge is 0.312 e. The molecule has 2 rings (SSSR count). The molecule has 0 radical (unpaired) electrons. The highest BCUT2D eigenvalue weighted by atomic mass is 32.1. The summed E-state index contributed by atoms with van der Waals surface area (Å²) in [5.74, 6) is -1.05. The van der Waals surface area contributed by atoms with Crippen LogP contribution in [0.1, 0.15) is 21.9 Å². The van der Waals surface area contributed by atoms with Crippen LogP contribution in [0.5, 0.6) is 0 Å². The Balaban J connectivity index is 2.46. The summed E-state index contributed by atoms with van der Waals surface area (Å²) in [6.45, 7) is 3.51. The number of hydrogen-bond acceptors (Lipinski definition) is 3. The van der Waals surface area contributed by atoms with Crippen molar-refractivity contribution < 1.29 is 9.90 Å². The molecule has 1 unspecified atom stereocenters. The molecule has 4 heteroatoms. The Labute approximate surface area is 87.0 Å². The first-order chi connectivity index (χ1) is 6.59. The molecule has 1 aromatic rings. The summed E-state index contributed by atoms with van der Waals surface area (Å²) < 4.78 is 0. The summed E-state index contributed by atoms with van der Waals surface area (Å²) in [5, 5.41) is 11.2. The van der Waals surface area contributed by atoms with Gasteiger partial charge in [0.25, 0.3) is 0 Å². The number of rotatable bonds is 1. The van der Waals surface area contributed by atoms with Crippen LogP contribution in [0.2, 0.25) is 0 Å². The summed E-state index contributed by atoms with van der Waals surface area (Å²) in [4.78, 5) is 14.4. The number of carboxylic acid groups (broad SMARTS) is 1. The molecule has 2 heterocycles. The van der Waals surface area contributed by atoms with Gasteiger partial charge in [-0.3, -0.25) is 4.79 Å². The van der Waals surface area contributed by atoms with Crippen molar-refractivity contribution >= 4 is 17.3 Å². The second-order valence-corrected chi connectivity index (χ2v) is 4.81. The van der Waals surface area contributed by atoms with Gasteiger partial charge in [-0.2, -0.15) is 0 Å². The first-order valence-electron chi connectivity index (χ1n) is 4.58. The molecule has 1 atom stereocenters. The maximum absolute atomic E-state index is 11.1. The molecule has 0 aliphatic carbocycles. The van der Waals surface area contributed by atoms with E-state index in [1.807, 2.05) is 14.0 Å². The maximum atomic E-state index is 11.1. The molecule has 0 saturated carbocycles. The van der Waals surface area contributed by atoms with Gasteiger partial charge in [0.1, 0.15) is 0 Å². The van der Waals surface area contributed by atoms with Gasteiger partial charge in [-0.15, -0.1) is 11.3 Å². The van der Waals surface area contributed by atoms with Gasteiger partial charge in [0.05, 0.1) is 5.92 Å². The number of thiophene rings is 1. The molecule has 0 saturated heterocycles. The Kier molecular flexibility index (Phi) is 2.33. The Morgan fingerprint density at radius 3 is 3.07 bits per heavy atom. The zero-order valence-electron chi connectivity index (χ0n) is 8.28. The molecule has 0 fully saturated rings. The van der Waals surface area contributed by atoms with E-state index in [-0.39, 0.29) is 5.92 Å². The third-order valence-corrected chi connectivity index (χ3v) is 3.76. The van der Waals surface area contributed by atoms with Crippen molar-refractivity contribution in [3.8, 4) is 0 Å². The minimum Gasteiger partial charge on any atom is -0.481 e. The van der Waals surface area contributed by atoms with Crippen LogP contribution in [0.25, 0.3) is 0 Å². The van der Waals surface area contributed by atoms with Crippen LogP contribution >= 0.6 is 11.3 Å². The summed E-state index contributed by atoms with van der Waals surface area (Å²) in [7, 11) is 1.97. The molecule has 1 aliphatic heterocycles. The standard InChI is InChI=1S/C10H13NO2S/c1-6-5-14-8-4-11(2)3-7(9(6)8)10(12)13/h5,7H,3-4H2,1-2H3,(H,12,13). The third kappa shape index (κ3) is 1.44. The first kappa shape index (κ1) is 9.68. The van der Waals surface area contributed by atoms with E-state index in [2.05, 4.69) is 10.3 Å². The molecule has 76 valence electrons. The van der Waals surface area contributed by atoms with E-state index in [1.54, 1.807) is 11.3 Å². The van der Waals surface area contributed by atoms with Crippen LogP contribution in [-0.2, 0) is 11.3 Å². The second kappa shape index (κ2) is 3.37. The summed E-state index contributed by atoms with van der Waals surface area (Å²) in [6, 6.07) is 0. The molecule has 14 heavy (non-hydrogen) atoms. The predicted molar refractivity (Wildman–Crippen MR) is 55.8 cm³/mol. The van der Waals surface area contributed by atoms with Gasteiger partial charge in [-0.1, -0.05) is 0 Å². The summed E-state index contributed by atoms with van der Waals surface area (Å²) in [6.07, 6.45) is 0. The topological polar surface area (TPSA) is 40.5 Å². The van der Waals surface area contributed by atoms with E-state index in [0.29, 0.717) is 6.54 Å². The number of nitrogens with zero attached hydrogens (tertiary/aromatic N) is 1. The molecule has 1 aromatic heterocycles. The zero-order chi connectivity index (χ0) is 10.3. The van der Waals surface area contributed by atoms with Crippen LogP contribution in [0.4, 0.5) is 0 Å². The van der Waals surface area contributed by atoms with E-state index in [0.717, 1.165) is 17.7 Å². The molecular weight excluding hydrogens is 198 g/mol. The lowest BCUT2D eigenvalue weighted by molar-refractivity contribution is -0.139. The summed E-state index contributed by atoms with van der Waals surface area (Å²) >= 11 is 1.67. The van der Waals surface area contributed by atoms with Crippen molar-refractivity contribution in [2.45, 2.75) is 19.4 Å². The monoisotopic (exact) mass is 211 g/mol. The van der Waals surface area contributed by atoms with Crippen molar-refractivity contribution in [1.29, 1.82) is 0 Å². The average molecular weight is 211 g/mol. The van der Waals surface area contributed by atoms with Crippen LogP contribution in [0.15, 0.2) is 5.38 Å². The SMILES string of the molecule is Cc1csc2c1C(C(=O)O)CN(C)C2. The Morgan fingerprint density at radius 1 is 1.71 bits per heavy atom. The maximum Gasteiger partial charge on any atom is 0.312 e. The second-order valence-electron chi connectivity index (χ2n) is 3.84. The van der Waals surface area contributed by atoms with E-state index in [4.69, 9.17) is 5.11 Å². The largest absolute Gasteiger partial charge is 0.481 e. The lowest BCUT2D eigenvalue weighted by Gasteiger charge is -2.28. The fourth-order valence-electron chi connectivity index (χ4n) is 2.01. The number of carboxylic acids is 1. The van der Waals surface area contributed by atoms with Gasteiger partial charge in [-0.05, 0) is 30.5 Å². The fraction of sp³-hybridized carbons (Fsp3) is 0.500. The first-order valence-corrected chi connectivity index (χ1v) is 5.45. The normalized spacial score (nSPS) is 22.0. The third-order valence-electron chi connectivity index (χ3n) is 2.66. The molecule has 0 amide bonds. The van der Waals surface area contributed by atoms with Gasteiger partial charge < -0.3 is 10.0 Å². The molecule has 1 N–H and O–H groups in total. The van der Waals surface area contributed by atoms with Crippen LogP contribution < -0.4 is 0 Å². The quantitative estimate of drug-likeness (QED) is 0.768. The number of hydrogen-bond donors (Lipinski definition) is 1. The average Bonchev–Trinajstić information content (AvgIpc) is 2.46. The molecule has 0 bridgehead atoms. The van der Waals surface area contributed by atoms with E-state index in [1.165, 1.54) is 4.88 Å². The molecule has 0 aromatic carbocycles. The Hall–Kier alpha value is -0.870. The van der Waals surface area contributed by atoms with Crippen molar-refractivity contribution in [3.63, 3.8) is 0 Å². The van der Waals surface area contributed by atoms with Crippen molar-refractivity contribution in [3.05, 3.63) is 21.4 Å². The number of aryl methyl sites for hydroxylation is 1. The van der Waals surface area contributed by atoms with E-state index < -0.39 is 5.97 Å². The zero-order valence-corrected chi connectivity index (χ0v) is 9.10. The molecule has 1 aliphatic rings. The van der Waals surface area contributed by atoms with Gasteiger partial charge in [-0.25, -0.2) is 0 Å². The summed E-state index contributed by atoms with van der Waals surface area (Å²) in [5.41, 5.74) is 2.19. The van der Waals surface area contributed by atoms with Gasteiger partial charge in [0.2, 0.25) is 0 Å². The Morgan fingerprint density at radius 2 is 2.43 bits per heavy atom.